The third-order valence-corrected chi connectivity index (χ3v) is 4.78. The van der Waals surface area contributed by atoms with E-state index in [9.17, 15) is 9.90 Å². The number of nitrogens with zero attached hydrogens (tertiary/aromatic N) is 2. The Morgan fingerprint density at radius 1 is 1.15 bits per heavy atom. The lowest BCUT2D eigenvalue weighted by Crippen LogP contribution is -1.98. The first-order valence-electron chi connectivity index (χ1n) is 5.60. The van der Waals surface area contributed by atoms with Crippen LogP contribution in [0.5, 0.6) is 0 Å². The Hall–Kier alpha value is -1.70. The van der Waals surface area contributed by atoms with E-state index in [1.54, 1.807) is 18.2 Å². The van der Waals surface area contributed by atoms with Crippen molar-refractivity contribution >= 4 is 41.3 Å². The highest BCUT2D eigenvalue weighted by atomic mass is 32.2. The van der Waals surface area contributed by atoms with Crippen LogP contribution in [-0.4, -0.2) is 21.3 Å². The van der Waals surface area contributed by atoms with Crippen molar-refractivity contribution in [1.82, 2.24) is 10.2 Å². The van der Waals surface area contributed by atoms with E-state index in [4.69, 9.17) is 0 Å². The van der Waals surface area contributed by atoms with Gasteiger partial charge in [-0.3, -0.25) is 0 Å². The molecule has 0 unspecified atom stereocenters. The largest absolute Gasteiger partial charge is 0.478 e. The summed E-state index contributed by atoms with van der Waals surface area (Å²) < 4.78 is 0.587. The van der Waals surface area contributed by atoms with Gasteiger partial charge >= 0.3 is 5.97 Å². The van der Waals surface area contributed by atoms with Gasteiger partial charge in [0.15, 0.2) is 4.34 Å². The molecule has 1 N–H and O–H groups in total. The number of benzene rings is 1. The fourth-order valence-corrected chi connectivity index (χ4v) is 3.80. The summed E-state index contributed by atoms with van der Waals surface area (Å²) in [6, 6.07) is 8.88. The van der Waals surface area contributed by atoms with Gasteiger partial charge in [-0.1, -0.05) is 29.5 Å². The van der Waals surface area contributed by atoms with Crippen LogP contribution in [0.15, 0.2) is 40.1 Å². The van der Waals surface area contributed by atoms with Gasteiger partial charge in [0.2, 0.25) is 0 Å². The maximum atomic E-state index is 11.3. The Bertz CT molecular complexity index is 779. The predicted octanol–water partition coefficient (Wildman–Crippen LogP) is 3.92. The zero-order chi connectivity index (χ0) is 14.1. The molecule has 0 fully saturated rings. The van der Waals surface area contributed by atoms with Gasteiger partial charge in [0.1, 0.15) is 5.01 Å². The van der Waals surface area contributed by atoms with E-state index in [2.05, 4.69) is 22.8 Å². The molecule has 0 amide bonds. The van der Waals surface area contributed by atoms with Gasteiger partial charge in [0.05, 0.1) is 5.56 Å². The van der Waals surface area contributed by atoms with E-state index in [1.165, 1.54) is 22.7 Å². The number of hydrogen-bond donors (Lipinski definition) is 2. The first kappa shape index (κ1) is 13.3. The Morgan fingerprint density at radius 3 is 2.65 bits per heavy atom. The van der Waals surface area contributed by atoms with E-state index in [0.29, 0.717) is 9.90 Å². The van der Waals surface area contributed by atoms with Crippen molar-refractivity contribution in [3.05, 3.63) is 41.3 Å². The second kappa shape index (κ2) is 5.35. The Morgan fingerprint density at radius 2 is 1.95 bits per heavy atom. The summed E-state index contributed by atoms with van der Waals surface area (Å²) in [5.74, 6) is -0.938. The third-order valence-electron chi connectivity index (χ3n) is 2.71. The molecule has 0 radical (unpaired) electrons. The van der Waals surface area contributed by atoms with E-state index >= 15 is 0 Å². The summed E-state index contributed by atoms with van der Waals surface area (Å²) in [4.78, 5) is 12.2. The molecule has 0 saturated heterocycles. The molecular formula is C13H8N2O2S3. The van der Waals surface area contributed by atoms with E-state index in [0.717, 1.165) is 15.4 Å². The number of carbonyl (C=O) groups is 1. The number of hydrogen-bond acceptors (Lipinski definition) is 6. The second-order valence-electron chi connectivity index (χ2n) is 3.90. The highest BCUT2D eigenvalue weighted by Crippen LogP contribution is 2.39. The summed E-state index contributed by atoms with van der Waals surface area (Å²) in [6.07, 6.45) is 0. The molecule has 0 aliphatic heterocycles. The minimum atomic E-state index is -0.938. The number of thiophene rings is 1. The monoisotopic (exact) mass is 320 g/mol. The van der Waals surface area contributed by atoms with Crippen LogP contribution in [0.3, 0.4) is 0 Å². The number of rotatable bonds is 3. The van der Waals surface area contributed by atoms with Crippen LogP contribution in [0.4, 0.5) is 0 Å². The quantitative estimate of drug-likeness (QED) is 0.718. The molecule has 3 rings (SSSR count). The number of thiol groups is 1. The van der Waals surface area contributed by atoms with Crippen LogP contribution in [0.25, 0.3) is 21.0 Å². The Kier molecular flexibility index (Phi) is 3.56. The fraction of sp³-hybridized carbons (Fsp3) is 0. The predicted molar refractivity (Wildman–Crippen MR) is 82.9 cm³/mol. The standard InChI is InChI=1S/C13H8N2O2S3/c16-12(17)8-4-2-1-3-7(8)10-9(5-6-19-10)11-14-15-13(18)20-11/h1-6H,(H,15,18)(H,16,17). The molecule has 0 atom stereocenters. The van der Waals surface area contributed by atoms with Crippen LogP contribution >= 0.6 is 35.3 Å². The van der Waals surface area contributed by atoms with Crippen molar-refractivity contribution in [2.45, 2.75) is 4.34 Å². The highest BCUT2D eigenvalue weighted by molar-refractivity contribution is 7.82. The average Bonchev–Trinajstić information content (AvgIpc) is 3.06. The van der Waals surface area contributed by atoms with Crippen molar-refractivity contribution in [3.8, 4) is 21.0 Å². The van der Waals surface area contributed by atoms with E-state index in [1.807, 2.05) is 17.5 Å². The number of carboxylic acid groups (broad SMARTS) is 1. The van der Waals surface area contributed by atoms with Crippen molar-refractivity contribution in [2.75, 3.05) is 0 Å². The number of aromatic carboxylic acids is 1. The summed E-state index contributed by atoms with van der Waals surface area (Å²) in [7, 11) is 0. The lowest BCUT2D eigenvalue weighted by atomic mass is 10.0. The highest BCUT2D eigenvalue weighted by Gasteiger charge is 2.18. The minimum Gasteiger partial charge on any atom is -0.478 e. The van der Waals surface area contributed by atoms with Crippen LogP contribution in [0.2, 0.25) is 0 Å². The summed E-state index contributed by atoms with van der Waals surface area (Å²) in [6.45, 7) is 0. The molecule has 0 spiro atoms. The molecule has 4 nitrogen and oxygen atoms in total. The number of aromatic nitrogens is 2. The lowest BCUT2D eigenvalue weighted by Gasteiger charge is -2.05. The van der Waals surface area contributed by atoms with Gasteiger partial charge in [-0.2, -0.15) is 0 Å². The topological polar surface area (TPSA) is 63.1 Å². The molecule has 1 aromatic carbocycles. The summed E-state index contributed by atoms with van der Waals surface area (Å²) in [5, 5.41) is 19.9. The average molecular weight is 320 g/mol. The van der Waals surface area contributed by atoms with Gasteiger partial charge in [-0.25, -0.2) is 4.79 Å². The SMILES string of the molecule is O=C(O)c1ccccc1-c1sccc1-c1nnc(S)s1. The zero-order valence-corrected chi connectivity index (χ0v) is 12.5. The number of carboxylic acids is 1. The van der Waals surface area contributed by atoms with E-state index in [-0.39, 0.29) is 5.56 Å². The first-order chi connectivity index (χ1) is 9.66. The smallest absolute Gasteiger partial charge is 0.336 e. The van der Waals surface area contributed by atoms with Gasteiger partial charge in [-0.15, -0.1) is 34.2 Å². The molecule has 0 bridgehead atoms. The van der Waals surface area contributed by atoms with Crippen molar-refractivity contribution in [2.24, 2.45) is 0 Å². The normalized spacial score (nSPS) is 10.7. The molecule has 7 heteroatoms. The molecule has 100 valence electrons. The van der Waals surface area contributed by atoms with Crippen molar-refractivity contribution in [1.29, 1.82) is 0 Å². The second-order valence-corrected chi connectivity index (χ2v) is 6.52. The molecule has 0 aliphatic carbocycles. The molecule has 3 aromatic rings. The maximum absolute atomic E-state index is 11.3. The van der Waals surface area contributed by atoms with Crippen LogP contribution in [-0.2, 0) is 0 Å². The third kappa shape index (κ3) is 2.35. The summed E-state index contributed by atoms with van der Waals surface area (Å²) >= 11 is 7.02. The van der Waals surface area contributed by atoms with Gasteiger partial charge < -0.3 is 5.11 Å². The summed E-state index contributed by atoms with van der Waals surface area (Å²) in [5.41, 5.74) is 1.87. The zero-order valence-electron chi connectivity index (χ0n) is 9.98. The van der Waals surface area contributed by atoms with Gasteiger partial charge in [0.25, 0.3) is 0 Å². The van der Waals surface area contributed by atoms with Crippen molar-refractivity contribution in [3.63, 3.8) is 0 Å². The first-order valence-corrected chi connectivity index (χ1v) is 7.74. The fourth-order valence-electron chi connectivity index (χ4n) is 1.88. The van der Waals surface area contributed by atoms with Gasteiger partial charge in [0, 0.05) is 16.0 Å². The molecule has 0 aliphatic rings. The lowest BCUT2D eigenvalue weighted by molar-refractivity contribution is 0.0698. The van der Waals surface area contributed by atoms with Crippen molar-refractivity contribution < 1.29 is 9.90 Å². The Balaban J connectivity index is 2.18. The van der Waals surface area contributed by atoms with Crippen LogP contribution in [0.1, 0.15) is 10.4 Å². The Labute approximate surface area is 128 Å². The molecule has 20 heavy (non-hydrogen) atoms. The van der Waals surface area contributed by atoms with Crippen LogP contribution in [0, 0.1) is 0 Å². The molecule has 2 aromatic heterocycles. The van der Waals surface area contributed by atoms with Gasteiger partial charge in [-0.05, 0) is 17.5 Å². The minimum absolute atomic E-state index is 0.284. The van der Waals surface area contributed by atoms with Crippen LogP contribution < -0.4 is 0 Å². The maximum Gasteiger partial charge on any atom is 0.336 e. The molecule has 2 heterocycles. The molecule has 0 saturated carbocycles. The van der Waals surface area contributed by atoms with E-state index < -0.39 is 5.97 Å². The molecular weight excluding hydrogens is 312 g/mol.